The van der Waals surface area contributed by atoms with Gasteiger partial charge in [0.1, 0.15) is 11.5 Å². The molecule has 0 bridgehead atoms. The molecule has 138 valence electrons. The lowest BCUT2D eigenvalue weighted by Gasteiger charge is -2.19. The van der Waals surface area contributed by atoms with E-state index in [-0.39, 0.29) is 11.9 Å². The van der Waals surface area contributed by atoms with E-state index in [0.717, 1.165) is 36.8 Å². The Bertz CT molecular complexity index is 873. The summed E-state index contributed by atoms with van der Waals surface area (Å²) in [5, 5.41) is 9.59. The first kappa shape index (κ1) is 18.7. The first-order valence-electron chi connectivity index (χ1n) is 9.28. The first-order valence-corrected chi connectivity index (χ1v) is 9.28. The fourth-order valence-electron chi connectivity index (χ4n) is 3.41. The van der Waals surface area contributed by atoms with E-state index in [4.69, 9.17) is 9.47 Å². The number of benzene rings is 2. The van der Waals surface area contributed by atoms with Crippen molar-refractivity contribution in [1.29, 1.82) is 5.26 Å². The molecule has 1 saturated carbocycles. The molecule has 1 aliphatic carbocycles. The molecule has 0 radical (unpaired) electrons. The molecule has 1 fully saturated rings. The van der Waals surface area contributed by atoms with Gasteiger partial charge in [0.15, 0.2) is 0 Å². The van der Waals surface area contributed by atoms with Crippen molar-refractivity contribution in [2.45, 2.75) is 32.1 Å². The van der Waals surface area contributed by atoms with Gasteiger partial charge in [-0.15, -0.1) is 0 Å². The maximum Gasteiger partial charge on any atom is 0.314 e. The molecule has 27 heavy (non-hydrogen) atoms. The topological polar surface area (TPSA) is 59.3 Å². The van der Waals surface area contributed by atoms with E-state index in [1.165, 1.54) is 6.42 Å². The summed E-state index contributed by atoms with van der Waals surface area (Å²) in [6.07, 6.45) is 6.97. The Morgan fingerprint density at radius 3 is 2.63 bits per heavy atom. The van der Waals surface area contributed by atoms with Gasteiger partial charge in [-0.05, 0) is 48.7 Å². The number of ether oxygens (including phenoxy) is 2. The average Bonchev–Trinajstić information content (AvgIpc) is 2.73. The standard InChI is InChI=1S/C23H23NO3/c1-26-22-13-6-5-12-21(22)19(16-24)14-17-8-7-11-20(15-17)27-23(25)18-9-3-2-4-10-18/h5-8,11-15,18H,2-4,9-10H2,1H3/b19-14-. The molecule has 0 aromatic heterocycles. The lowest BCUT2D eigenvalue weighted by molar-refractivity contribution is -0.139. The van der Waals surface area contributed by atoms with Crippen LogP contribution in [-0.2, 0) is 4.79 Å². The Labute approximate surface area is 160 Å². The van der Waals surface area contributed by atoms with Crippen LogP contribution in [0.2, 0.25) is 0 Å². The van der Waals surface area contributed by atoms with Crippen LogP contribution >= 0.6 is 0 Å². The van der Waals surface area contributed by atoms with Crippen LogP contribution in [-0.4, -0.2) is 13.1 Å². The van der Waals surface area contributed by atoms with Crippen LogP contribution in [0.4, 0.5) is 0 Å². The largest absolute Gasteiger partial charge is 0.496 e. The molecular formula is C23H23NO3. The summed E-state index contributed by atoms with van der Waals surface area (Å²) in [4.78, 5) is 12.4. The minimum absolute atomic E-state index is 0.00111. The van der Waals surface area contributed by atoms with E-state index >= 15 is 0 Å². The normalized spacial score (nSPS) is 15.0. The second kappa shape index (κ2) is 9.05. The zero-order valence-electron chi connectivity index (χ0n) is 15.5. The summed E-state index contributed by atoms with van der Waals surface area (Å²) in [5.41, 5.74) is 2.02. The van der Waals surface area contributed by atoms with Gasteiger partial charge in [0.25, 0.3) is 0 Å². The number of carbonyl (C=O) groups is 1. The van der Waals surface area contributed by atoms with E-state index in [0.29, 0.717) is 17.1 Å². The van der Waals surface area contributed by atoms with E-state index in [1.807, 2.05) is 36.4 Å². The number of hydrogen-bond donors (Lipinski definition) is 0. The maximum atomic E-state index is 12.4. The van der Waals surface area contributed by atoms with Crippen molar-refractivity contribution < 1.29 is 14.3 Å². The number of para-hydroxylation sites is 1. The van der Waals surface area contributed by atoms with Crippen LogP contribution in [0.5, 0.6) is 11.5 Å². The zero-order chi connectivity index (χ0) is 19.1. The van der Waals surface area contributed by atoms with Crippen LogP contribution < -0.4 is 9.47 Å². The summed E-state index contributed by atoms with van der Waals surface area (Å²) in [7, 11) is 1.58. The smallest absolute Gasteiger partial charge is 0.314 e. The van der Waals surface area contributed by atoms with Gasteiger partial charge in [0.2, 0.25) is 0 Å². The monoisotopic (exact) mass is 361 g/mol. The molecule has 0 heterocycles. The van der Waals surface area contributed by atoms with Crippen molar-refractivity contribution in [1.82, 2.24) is 0 Å². The minimum Gasteiger partial charge on any atom is -0.496 e. The Balaban J connectivity index is 1.81. The second-order valence-corrected chi connectivity index (χ2v) is 6.70. The summed E-state index contributed by atoms with van der Waals surface area (Å²) in [6.45, 7) is 0. The molecule has 0 unspecified atom stereocenters. The summed E-state index contributed by atoms with van der Waals surface area (Å²) in [5.74, 6) is 1.00. The number of rotatable bonds is 5. The van der Waals surface area contributed by atoms with Gasteiger partial charge < -0.3 is 9.47 Å². The molecule has 2 aromatic carbocycles. The third kappa shape index (κ3) is 4.77. The van der Waals surface area contributed by atoms with E-state index in [9.17, 15) is 10.1 Å². The highest BCUT2D eigenvalue weighted by Crippen LogP contribution is 2.29. The van der Waals surface area contributed by atoms with Gasteiger partial charge in [-0.3, -0.25) is 4.79 Å². The molecular weight excluding hydrogens is 338 g/mol. The summed E-state index contributed by atoms with van der Waals surface area (Å²) in [6, 6.07) is 16.9. The fraction of sp³-hybridized carbons (Fsp3) is 0.304. The maximum absolute atomic E-state index is 12.4. The van der Waals surface area contributed by atoms with Crippen LogP contribution in [0.25, 0.3) is 11.6 Å². The van der Waals surface area contributed by atoms with Crippen LogP contribution in [0, 0.1) is 17.2 Å². The molecule has 3 rings (SSSR count). The highest BCUT2D eigenvalue weighted by molar-refractivity contribution is 5.91. The molecule has 1 aliphatic rings. The number of methoxy groups -OCH3 is 1. The van der Waals surface area contributed by atoms with Crippen molar-refractivity contribution in [2.24, 2.45) is 5.92 Å². The number of esters is 1. The third-order valence-corrected chi connectivity index (χ3v) is 4.84. The van der Waals surface area contributed by atoms with Crippen molar-refractivity contribution in [3.05, 3.63) is 59.7 Å². The van der Waals surface area contributed by atoms with E-state index in [1.54, 1.807) is 25.3 Å². The van der Waals surface area contributed by atoms with Gasteiger partial charge in [0.05, 0.1) is 24.7 Å². The first-order chi connectivity index (χ1) is 13.2. The lowest BCUT2D eigenvalue weighted by Crippen LogP contribution is -2.22. The number of carbonyl (C=O) groups excluding carboxylic acids is 1. The second-order valence-electron chi connectivity index (χ2n) is 6.70. The van der Waals surface area contributed by atoms with E-state index in [2.05, 4.69) is 6.07 Å². The van der Waals surface area contributed by atoms with Gasteiger partial charge in [-0.25, -0.2) is 0 Å². The molecule has 2 aromatic rings. The number of hydrogen-bond acceptors (Lipinski definition) is 4. The fourth-order valence-corrected chi connectivity index (χ4v) is 3.41. The van der Waals surface area contributed by atoms with Crippen LogP contribution in [0.15, 0.2) is 48.5 Å². The van der Waals surface area contributed by atoms with Crippen molar-refractivity contribution in [2.75, 3.05) is 7.11 Å². The number of allylic oxidation sites excluding steroid dienone is 1. The number of nitrogens with zero attached hydrogens (tertiary/aromatic N) is 1. The van der Waals surface area contributed by atoms with Gasteiger partial charge in [0, 0.05) is 5.56 Å². The van der Waals surface area contributed by atoms with Gasteiger partial charge in [-0.1, -0.05) is 43.5 Å². The van der Waals surface area contributed by atoms with Crippen LogP contribution in [0.3, 0.4) is 0 Å². The van der Waals surface area contributed by atoms with Gasteiger partial charge in [-0.2, -0.15) is 5.26 Å². The summed E-state index contributed by atoms with van der Waals surface area (Å²) < 4.78 is 10.9. The molecule has 4 heteroatoms. The zero-order valence-corrected chi connectivity index (χ0v) is 15.5. The molecule has 0 atom stereocenters. The minimum atomic E-state index is -0.152. The number of nitriles is 1. The molecule has 4 nitrogen and oxygen atoms in total. The highest BCUT2D eigenvalue weighted by atomic mass is 16.5. The average molecular weight is 361 g/mol. The van der Waals surface area contributed by atoms with E-state index < -0.39 is 0 Å². The van der Waals surface area contributed by atoms with Crippen LogP contribution in [0.1, 0.15) is 43.2 Å². The Kier molecular flexibility index (Phi) is 6.27. The summed E-state index contributed by atoms with van der Waals surface area (Å²) >= 11 is 0. The molecule has 0 amide bonds. The van der Waals surface area contributed by atoms with Crippen molar-refractivity contribution >= 4 is 17.6 Å². The van der Waals surface area contributed by atoms with Gasteiger partial charge >= 0.3 is 5.97 Å². The Hall–Kier alpha value is -3.06. The van der Waals surface area contributed by atoms with Crippen molar-refractivity contribution in [3.63, 3.8) is 0 Å². The predicted octanol–water partition coefficient (Wildman–Crippen LogP) is 5.25. The lowest BCUT2D eigenvalue weighted by atomic mass is 9.89. The predicted molar refractivity (Wildman–Crippen MR) is 105 cm³/mol. The molecule has 0 N–H and O–H groups in total. The Morgan fingerprint density at radius 2 is 1.89 bits per heavy atom. The third-order valence-electron chi connectivity index (χ3n) is 4.84. The highest BCUT2D eigenvalue weighted by Gasteiger charge is 2.23. The quantitative estimate of drug-likeness (QED) is 0.316. The molecule has 0 aliphatic heterocycles. The van der Waals surface area contributed by atoms with Crippen molar-refractivity contribution in [3.8, 4) is 17.6 Å². The Morgan fingerprint density at radius 1 is 1.11 bits per heavy atom. The molecule has 0 spiro atoms. The SMILES string of the molecule is COc1ccccc1/C(C#N)=C\c1cccc(OC(=O)C2CCCCC2)c1. The molecule has 0 saturated heterocycles.